The number of hydrogen-bond acceptors (Lipinski definition) is 2. The van der Waals surface area contributed by atoms with E-state index >= 15 is 0 Å². The van der Waals surface area contributed by atoms with Gasteiger partial charge in [0.05, 0.1) is 12.2 Å². The van der Waals surface area contributed by atoms with Crippen molar-refractivity contribution in [1.82, 2.24) is 4.90 Å². The van der Waals surface area contributed by atoms with Gasteiger partial charge in [0, 0.05) is 38.9 Å². The second-order valence-electron chi connectivity index (χ2n) is 13.6. The van der Waals surface area contributed by atoms with Gasteiger partial charge < -0.3 is 9.64 Å². The quantitative estimate of drug-likeness (QED) is 0.306. The molecule has 1 fully saturated rings. The lowest BCUT2D eigenvalue weighted by molar-refractivity contribution is 0.0797. The zero-order chi connectivity index (χ0) is 30.2. The molecule has 8 rings (SSSR count). The molecule has 2 aliphatic heterocycles. The molecular formula is C42H47NOS. The molecule has 1 aromatic rings. The van der Waals surface area contributed by atoms with Gasteiger partial charge in [0.1, 0.15) is 0 Å². The zero-order valence-electron chi connectivity index (χ0n) is 26.5. The Morgan fingerprint density at radius 3 is 2.58 bits per heavy atom. The van der Waals surface area contributed by atoms with Crippen molar-refractivity contribution in [3.8, 4) is 0 Å². The fraction of sp³-hybridized carbons (Fsp3) is 0.381. The third-order valence-corrected chi connectivity index (χ3v) is 16.2. The molecule has 0 aromatic heterocycles. The van der Waals surface area contributed by atoms with Gasteiger partial charge >= 0.3 is 0 Å². The van der Waals surface area contributed by atoms with Crippen LogP contribution in [0.2, 0.25) is 0 Å². The van der Waals surface area contributed by atoms with Crippen LogP contribution in [-0.4, -0.2) is 27.6 Å². The van der Waals surface area contributed by atoms with Crippen LogP contribution in [0, 0.1) is 11.8 Å². The van der Waals surface area contributed by atoms with Gasteiger partial charge in [0.25, 0.3) is 0 Å². The fourth-order valence-corrected chi connectivity index (χ4v) is 14.7. The molecule has 0 saturated carbocycles. The highest BCUT2D eigenvalue weighted by molar-refractivity contribution is 8.38. The number of ether oxygens (including phenoxy) is 1. The number of benzene rings is 1. The summed E-state index contributed by atoms with van der Waals surface area (Å²) in [6.45, 7) is 4.49. The Morgan fingerprint density at radius 2 is 1.73 bits per heavy atom. The van der Waals surface area contributed by atoms with E-state index in [1.807, 2.05) is 0 Å². The van der Waals surface area contributed by atoms with Crippen LogP contribution in [0.4, 0.5) is 0 Å². The highest BCUT2D eigenvalue weighted by Crippen LogP contribution is 2.75. The van der Waals surface area contributed by atoms with Crippen LogP contribution >= 0.6 is 10.0 Å². The van der Waals surface area contributed by atoms with Crippen LogP contribution in [0.3, 0.4) is 0 Å². The van der Waals surface area contributed by atoms with Gasteiger partial charge in [-0.05, 0) is 117 Å². The predicted octanol–water partition coefficient (Wildman–Crippen LogP) is 10.7. The van der Waals surface area contributed by atoms with Crippen molar-refractivity contribution in [3.63, 3.8) is 0 Å². The third-order valence-electron chi connectivity index (χ3n) is 11.2. The Labute approximate surface area is 272 Å². The molecule has 2 heterocycles. The standard InChI is InChI=1S/C42H47NOS/c1-31-17-15-16-28-43(39-26-13-11-24-36(31)39)32-29-38-37-25-12-14-27-40(37)44-42(38)41(30-32)45(33-18-5-2-6-19-33,34-20-7-3-8-21-34)35-22-9-4-10-23-35/h2-3,5-7,9,13-19,22,26-30,34-35,37-38,40,42H,1,4,8,10-12,20-21,23-25H2/b17-15-,28-16-. The minimum absolute atomic E-state index is 0.117. The molecule has 7 atom stereocenters. The van der Waals surface area contributed by atoms with Gasteiger partial charge in [0.15, 0.2) is 0 Å². The van der Waals surface area contributed by atoms with E-state index in [4.69, 9.17) is 4.74 Å². The van der Waals surface area contributed by atoms with Crippen molar-refractivity contribution in [1.29, 1.82) is 0 Å². The summed E-state index contributed by atoms with van der Waals surface area (Å²) in [7, 11) is -1.49. The Balaban J connectivity index is 1.38. The van der Waals surface area contributed by atoms with Crippen molar-refractivity contribution >= 4 is 10.0 Å². The maximum absolute atomic E-state index is 7.29. The Hall–Kier alpha value is -3.27. The molecular weight excluding hydrogens is 567 g/mol. The van der Waals surface area contributed by atoms with Gasteiger partial charge in [-0.3, -0.25) is 0 Å². The summed E-state index contributed by atoms with van der Waals surface area (Å²) in [5, 5.41) is 1.12. The molecule has 7 unspecified atom stereocenters. The zero-order valence-corrected chi connectivity index (χ0v) is 27.3. The SMILES string of the molecule is C=C1/C=C\C=C/N(C2=CC3C(OC4C=CCCC43)C(S(c3ccccc3)(C3C=CCCC3)C3CC=CCC3)=C2)C2=C1CCC=C2. The summed E-state index contributed by atoms with van der Waals surface area (Å²) in [4.78, 5) is 5.65. The van der Waals surface area contributed by atoms with E-state index in [9.17, 15) is 0 Å². The van der Waals surface area contributed by atoms with E-state index in [0.717, 1.165) is 31.3 Å². The number of hydrogen-bond donors (Lipinski definition) is 0. The average Bonchev–Trinajstić information content (AvgIpc) is 3.48. The second-order valence-corrected chi connectivity index (χ2v) is 17.3. The summed E-state index contributed by atoms with van der Waals surface area (Å²) in [6.07, 6.45) is 45.6. The minimum atomic E-state index is -1.49. The number of fused-ring (bicyclic) bond motifs is 3. The smallest absolute Gasteiger partial charge is 0.0947 e. The van der Waals surface area contributed by atoms with E-state index in [2.05, 4.69) is 127 Å². The van der Waals surface area contributed by atoms with Gasteiger partial charge in [-0.1, -0.05) is 85.5 Å². The normalized spacial score (nSPS) is 35.6. The molecule has 0 bridgehead atoms. The van der Waals surface area contributed by atoms with Crippen LogP contribution < -0.4 is 0 Å². The number of nitrogens with zero attached hydrogens (tertiary/aromatic N) is 1. The van der Waals surface area contributed by atoms with Crippen LogP contribution in [0.25, 0.3) is 0 Å². The maximum Gasteiger partial charge on any atom is 0.0947 e. The van der Waals surface area contributed by atoms with Crippen LogP contribution in [0.1, 0.15) is 64.2 Å². The molecule has 0 radical (unpaired) electrons. The largest absolute Gasteiger partial charge is 0.365 e. The molecule has 0 N–H and O–H groups in total. The highest BCUT2D eigenvalue weighted by Gasteiger charge is 2.54. The molecule has 3 heteroatoms. The van der Waals surface area contributed by atoms with E-state index < -0.39 is 10.0 Å². The Kier molecular flexibility index (Phi) is 8.10. The Bertz CT molecular complexity index is 1600. The van der Waals surface area contributed by atoms with Gasteiger partial charge in [-0.25, -0.2) is 0 Å². The van der Waals surface area contributed by atoms with Crippen molar-refractivity contribution in [2.24, 2.45) is 11.8 Å². The molecule has 232 valence electrons. The first-order chi connectivity index (χ1) is 22.2. The van der Waals surface area contributed by atoms with Gasteiger partial charge in [-0.2, -0.15) is 10.0 Å². The fourth-order valence-electron chi connectivity index (χ4n) is 9.12. The van der Waals surface area contributed by atoms with Crippen molar-refractivity contribution in [2.75, 3.05) is 0 Å². The molecule has 0 spiro atoms. The number of rotatable bonds is 5. The molecule has 7 aliphatic rings. The highest BCUT2D eigenvalue weighted by atomic mass is 32.3. The van der Waals surface area contributed by atoms with E-state index in [-0.39, 0.29) is 12.2 Å². The summed E-state index contributed by atoms with van der Waals surface area (Å²) in [5.41, 5.74) is 5.10. The summed E-state index contributed by atoms with van der Waals surface area (Å²) in [6, 6.07) is 11.7. The molecule has 1 aromatic carbocycles. The van der Waals surface area contributed by atoms with Crippen LogP contribution in [-0.2, 0) is 4.74 Å². The van der Waals surface area contributed by atoms with Crippen molar-refractivity contribution in [3.05, 3.63) is 150 Å². The first-order valence-electron chi connectivity index (χ1n) is 17.4. The van der Waals surface area contributed by atoms with Gasteiger partial charge in [0.2, 0.25) is 0 Å². The Morgan fingerprint density at radius 1 is 0.844 bits per heavy atom. The first kappa shape index (κ1) is 29.2. The molecule has 0 amide bonds. The molecule has 5 aliphatic carbocycles. The maximum atomic E-state index is 7.29. The third kappa shape index (κ3) is 5.07. The molecule has 1 saturated heterocycles. The second kappa shape index (κ2) is 12.5. The molecule has 45 heavy (non-hydrogen) atoms. The van der Waals surface area contributed by atoms with E-state index in [0.29, 0.717) is 22.3 Å². The van der Waals surface area contributed by atoms with Crippen LogP contribution in [0.15, 0.2) is 154 Å². The topological polar surface area (TPSA) is 12.5 Å². The van der Waals surface area contributed by atoms with Crippen molar-refractivity contribution in [2.45, 2.75) is 91.8 Å². The van der Waals surface area contributed by atoms with E-state index in [1.165, 1.54) is 55.5 Å². The minimum Gasteiger partial charge on any atom is -0.365 e. The summed E-state index contributed by atoms with van der Waals surface area (Å²) >= 11 is 0. The lowest BCUT2D eigenvalue weighted by Gasteiger charge is -2.56. The predicted molar refractivity (Wildman–Crippen MR) is 191 cm³/mol. The summed E-state index contributed by atoms with van der Waals surface area (Å²) < 4.78 is 7.29. The first-order valence-corrected chi connectivity index (χ1v) is 19.2. The number of allylic oxidation sites excluding steroid dienone is 12. The summed E-state index contributed by atoms with van der Waals surface area (Å²) in [5.74, 6) is 0.884. The lowest BCUT2D eigenvalue weighted by atomic mass is 9.79. The lowest BCUT2D eigenvalue weighted by Crippen LogP contribution is -2.38. The van der Waals surface area contributed by atoms with Crippen molar-refractivity contribution < 1.29 is 4.74 Å². The average molecular weight is 614 g/mol. The van der Waals surface area contributed by atoms with E-state index in [1.54, 1.807) is 9.80 Å². The van der Waals surface area contributed by atoms with Gasteiger partial charge in [-0.15, -0.1) is 0 Å². The monoisotopic (exact) mass is 613 g/mol. The van der Waals surface area contributed by atoms with Crippen LogP contribution in [0.5, 0.6) is 0 Å². The molecule has 2 nitrogen and oxygen atoms in total.